The molecule has 0 aliphatic rings. The van der Waals surface area contributed by atoms with E-state index in [9.17, 15) is 14.4 Å². The number of hydrogen-bond donors (Lipinski definition) is 4. The molecule has 172 valence electrons. The number of carbonyl (C=O) groups is 3. The molecule has 6 N–H and O–H groups in total. The van der Waals surface area contributed by atoms with Crippen LogP contribution in [0.3, 0.4) is 0 Å². The Labute approximate surface area is 189 Å². The van der Waals surface area contributed by atoms with Crippen LogP contribution in [0.1, 0.15) is 60.0 Å². The smallest absolute Gasteiger partial charge is 0.379 e. The van der Waals surface area contributed by atoms with Gasteiger partial charge in [0, 0.05) is 18.4 Å². The van der Waals surface area contributed by atoms with Gasteiger partial charge in [-0.1, -0.05) is 24.6 Å². The fraction of sp³-hybridized carbons (Fsp3) is 0.250. The number of nitrogens with two attached hydrogens (primary N) is 2. The third-order valence-electron chi connectivity index (χ3n) is 5.13. The average Bonchev–Trinajstić information content (AvgIpc) is 3.28. The summed E-state index contributed by atoms with van der Waals surface area (Å²) in [4.78, 5) is 35.2. The summed E-state index contributed by atoms with van der Waals surface area (Å²) in [5.41, 5.74) is 12.1. The van der Waals surface area contributed by atoms with Crippen molar-refractivity contribution < 1.29 is 28.6 Å². The topological polar surface area (TPSA) is 170 Å². The van der Waals surface area contributed by atoms with Gasteiger partial charge in [-0.3, -0.25) is 15.0 Å². The van der Waals surface area contributed by atoms with E-state index in [1.165, 1.54) is 12.1 Å². The van der Waals surface area contributed by atoms with E-state index in [2.05, 4.69) is 0 Å². The Balaban J connectivity index is 1.58. The minimum Gasteiger partial charge on any atom is -0.481 e. The SMILES string of the molecule is N=C(N)c1ccc2cc(OC(=O)c3ccc(C(N)C(=O)CCCCCC(=O)O)o3)ccc2c1. The number of benzene rings is 2. The number of carbonyl (C=O) groups excluding carboxylic acids is 2. The van der Waals surface area contributed by atoms with Crippen LogP contribution < -0.4 is 16.2 Å². The number of esters is 1. The van der Waals surface area contributed by atoms with Gasteiger partial charge in [-0.2, -0.15) is 0 Å². The summed E-state index contributed by atoms with van der Waals surface area (Å²) in [7, 11) is 0. The lowest BCUT2D eigenvalue weighted by atomic mass is 10.0. The second kappa shape index (κ2) is 10.6. The minimum atomic E-state index is -1.01. The molecule has 0 spiro atoms. The summed E-state index contributed by atoms with van der Waals surface area (Å²) in [5, 5.41) is 17.8. The summed E-state index contributed by atoms with van der Waals surface area (Å²) in [5.74, 6) is -1.49. The molecular weight excluding hydrogens is 426 g/mol. The highest BCUT2D eigenvalue weighted by Gasteiger charge is 2.22. The molecular formula is C24H25N3O6. The molecule has 3 rings (SSSR count). The van der Waals surface area contributed by atoms with Crippen molar-refractivity contribution in [2.75, 3.05) is 0 Å². The molecule has 0 radical (unpaired) electrons. The van der Waals surface area contributed by atoms with Gasteiger partial charge in [0.2, 0.25) is 5.76 Å². The van der Waals surface area contributed by atoms with E-state index in [1.54, 1.807) is 36.4 Å². The van der Waals surface area contributed by atoms with Gasteiger partial charge in [-0.05, 0) is 53.9 Å². The summed E-state index contributed by atoms with van der Waals surface area (Å²) < 4.78 is 10.8. The number of ether oxygens (including phenoxy) is 1. The van der Waals surface area contributed by atoms with Gasteiger partial charge >= 0.3 is 11.9 Å². The number of nitrogens with one attached hydrogen (secondary N) is 1. The zero-order valence-corrected chi connectivity index (χ0v) is 17.9. The monoisotopic (exact) mass is 451 g/mol. The Bertz CT molecular complexity index is 1200. The van der Waals surface area contributed by atoms with Gasteiger partial charge < -0.3 is 25.7 Å². The second-order valence-corrected chi connectivity index (χ2v) is 7.63. The van der Waals surface area contributed by atoms with Crippen molar-refractivity contribution in [3.8, 4) is 5.75 Å². The Kier molecular flexibility index (Phi) is 7.57. The van der Waals surface area contributed by atoms with Gasteiger partial charge in [0.05, 0.1) is 0 Å². The third-order valence-corrected chi connectivity index (χ3v) is 5.13. The first-order valence-corrected chi connectivity index (χ1v) is 10.4. The number of Topliss-reactive ketones (excluding diaryl/α,β-unsaturated/α-hetero) is 1. The maximum Gasteiger partial charge on any atom is 0.379 e. The number of amidine groups is 1. The van der Waals surface area contributed by atoms with E-state index in [-0.39, 0.29) is 36.0 Å². The summed E-state index contributed by atoms with van der Waals surface area (Å²) in [6.07, 6.45) is 1.92. The highest BCUT2D eigenvalue weighted by atomic mass is 16.5. The van der Waals surface area contributed by atoms with Crippen LogP contribution in [0.15, 0.2) is 52.9 Å². The van der Waals surface area contributed by atoms with Crippen molar-refractivity contribution >= 4 is 34.3 Å². The molecule has 0 aliphatic carbocycles. The fourth-order valence-electron chi connectivity index (χ4n) is 3.31. The number of fused-ring (bicyclic) bond motifs is 1. The van der Waals surface area contributed by atoms with Crippen molar-refractivity contribution in [2.24, 2.45) is 11.5 Å². The number of carboxylic acids is 1. The van der Waals surface area contributed by atoms with Crippen molar-refractivity contribution in [1.29, 1.82) is 5.41 Å². The lowest BCUT2D eigenvalue weighted by molar-refractivity contribution is -0.137. The van der Waals surface area contributed by atoms with Crippen LogP contribution in [0.4, 0.5) is 0 Å². The molecule has 0 bridgehead atoms. The maximum atomic E-state index is 12.5. The third kappa shape index (κ3) is 6.27. The van der Waals surface area contributed by atoms with Crippen LogP contribution in [-0.4, -0.2) is 28.7 Å². The molecule has 0 amide bonds. The van der Waals surface area contributed by atoms with Crippen molar-refractivity contribution in [2.45, 2.75) is 38.1 Å². The first kappa shape index (κ1) is 23.7. The molecule has 1 heterocycles. The van der Waals surface area contributed by atoms with Gasteiger partial charge in [-0.15, -0.1) is 0 Å². The normalized spacial score (nSPS) is 11.8. The number of carboxylic acid groups (broad SMARTS) is 1. The maximum absolute atomic E-state index is 12.5. The Morgan fingerprint density at radius 2 is 1.67 bits per heavy atom. The molecule has 9 heteroatoms. The largest absolute Gasteiger partial charge is 0.481 e. The zero-order chi connectivity index (χ0) is 24.0. The number of ketones is 1. The van der Waals surface area contributed by atoms with Crippen LogP contribution in [0.5, 0.6) is 5.75 Å². The van der Waals surface area contributed by atoms with Crippen molar-refractivity contribution in [3.63, 3.8) is 0 Å². The summed E-state index contributed by atoms with van der Waals surface area (Å²) in [6.45, 7) is 0. The molecule has 1 atom stereocenters. The standard InChI is InChI=1S/C24H25N3O6/c25-22(18(28)4-2-1-3-5-21(29)30)19-10-11-20(33-19)24(31)32-17-9-8-14-12-16(23(26)27)7-6-15(14)13-17/h6-13,22H,1-5,25H2,(H3,26,27)(H,29,30). The van der Waals surface area contributed by atoms with Crippen LogP contribution in [0.2, 0.25) is 0 Å². The highest BCUT2D eigenvalue weighted by Crippen LogP contribution is 2.24. The Hall–Kier alpha value is -3.98. The van der Waals surface area contributed by atoms with E-state index >= 15 is 0 Å². The van der Waals surface area contributed by atoms with Crippen LogP contribution in [0.25, 0.3) is 10.8 Å². The molecule has 0 saturated heterocycles. The van der Waals surface area contributed by atoms with Gasteiger partial charge in [0.15, 0.2) is 5.78 Å². The minimum absolute atomic E-state index is 0.0316. The van der Waals surface area contributed by atoms with E-state index in [0.717, 1.165) is 10.8 Å². The average molecular weight is 451 g/mol. The highest BCUT2D eigenvalue weighted by molar-refractivity contribution is 5.99. The number of aliphatic carboxylic acids is 1. The Morgan fingerprint density at radius 1 is 0.970 bits per heavy atom. The van der Waals surface area contributed by atoms with E-state index in [4.69, 9.17) is 31.1 Å². The Morgan fingerprint density at radius 3 is 2.39 bits per heavy atom. The first-order chi connectivity index (χ1) is 15.7. The van der Waals surface area contributed by atoms with Gasteiger partial charge in [0.1, 0.15) is 23.4 Å². The molecule has 2 aromatic carbocycles. The van der Waals surface area contributed by atoms with Crippen molar-refractivity contribution in [1.82, 2.24) is 0 Å². The molecule has 1 aromatic heterocycles. The molecule has 9 nitrogen and oxygen atoms in total. The zero-order valence-electron chi connectivity index (χ0n) is 17.9. The van der Waals surface area contributed by atoms with Crippen LogP contribution >= 0.6 is 0 Å². The van der Waals surface area contributed by atoms with Gasteiger partial charge in [0.25, 0.3) is 0 Å². The van der Waals surface area contributed by atoms with Crippen molar-refractivity contribution in [3.05, 3.63) is 65.6 Å². The number of hydrogen-bond acceptors (Lipinski definition) is 7. The predicted molar refractivity (Wildman–Crippen MR) is 121 cm³/mol. The number of unbranched alkanes of at least 4 members (excludes halogenated alkanes) is 2. The van der Waals surface area contributed by atoms with E-state index in [0.29, 0.717) is 30.6 Å². The predicted octanol–water partition coefficient (Wildman–Crippen LogP) is 3.54. The first-order valence-electron chi connectivity index (χ1n) is 10.4. The fourth-order valence-corrected chi connectivity index (χ4v) is 3.31. The summed E-state index contributed by atoms with van der Waals surface area (Å²) >= 11 is 0. The number of nitrogen functional groups attached to an aromatic ring is 1. The lowest BCUT2D eigenvalue weighted by Crippen LogP contribution is -2.20. The summed E-state index contributed by atoms with van der Waals surface area (Å²) in [6, 6.07) is 12.2. The molecule has 33 heavy (non-hydrogen) atoms. The molecule has 0 aliphatic heterocycles. The van der Waals surface area contributed by atoms with Crippen LogP contribution in [0, 0.1) is 5.41 Å². The molecule has 1 unspecified atom stereocenters. The lowest BCUT2D eigenvalue weighted by Gasteiger charge is -2.08. The quantitative estimate of drug-likeness (QED) is 0.113. The molecule has 0 saturated carbocycles. The second-order valence-electron chi connectivity index (χ2n) is 7.63. The number of rotatable bonds is 11. The van der Waals surface area contributed by atoms with Gasteiger partial charge in [-0.25, -0.2) is 4.79 Å². The molecule has 3 aromatic rings. The van der Waals surface area contributed by atoms with E-state index < -0.39 is 18.0 Å². The molecule has 0 fully saturated rings. The van der Waals surface area contributed by atoms with Crippen LogP contribution in [-0.2, 0) is 9.59 Å². The number of furan rings is 1. The van der Waals surface area contributed by atoms with E-state index in [1.807, 2.05) is 0 Å².